The Balaban J connectivity index is 0.00000364. The summed E-state index contributed by atoms with van der Waals surface area (Å²) in [5.41, 5.74) is 0.0889. The summed E-state index contributed by atoms with van der Waals surface area (Å²) in [5, 5.41) is 6.46. The van der Waals surface area contributed by atoms with E-state index in [9.17, 15) is 13.2 Å². The molecule has 27 heavy (non-hydrogen) atoms. The molecule has 0 aliphatic carbocycles. The predicted molar refractivity (Wildman–Crippen MR) is 112 cm³/mol. The number of hydrogen-bond donors (Lipinski definition) is 2. The summed E-state index contributed by atoms with van der Waals surface area (Å²) in [6.07, 6.45) is -4.31. The van der Waals surface area contributed by atoms with E-state index in [0.29, 0.717) is 25.1 Å². The van der Waals surface area contributed by atoms with Crippen LogP contribution >= 0.6 is 24.0 Å². The Morgan fingerprint density at radius 2 is 1.81 bits per heavy atom. The molecule has 0 radical (unpaired) electrons. The van der Waals surface area contributed by atoms with Gasteiger partial charge in [-0.25, -0.2) is 4.99 Å². The van der Waals surface area contributed by atoms with Crippen molar-refractivity contribution < 1.29 is 17.9 Å². The number of morpholine rings is 1. The monoisotopic (exact) mass is 500 g/mol. The van der Waals surface area contributed by atoms with Crippen LogP contribution in [0.3, 0.4) is 0 Å². The molecule has 1 fully saturated rings. The lowest BCUT2D eigenvalue weighted by Gasteiger charge is -2.32. The summed E-state index contributed by atoms with van der Waals surface area (Å²) < 4.78 is 43.2. The van der Waals surface area contributed by atoms with E-state index >= 15 is 0 Å². The maximum Gasteiger partial charge on any atom is 0.416 e. The molecule has 1 heterocycles. The van der Waals surface area contributed by atoms with Gasteiger partial charge in [0, 0.05) is 32.2 Å². The molecule has 5 nitrogen and oxygen atoms in total. The summed E-state index contributed by atoms with van der Waals surface area (Å²) >= 11 is 0. The van der Waals surface area contributed by atoms with Crippen molar-refractivity contribution >= 4 is 29.9 Å². The molecule has 1 aliphatic rings. The Kier molecular flexibility index (Phi) is 10.4. The number of hydrogen-bond acceptors (Lipinski definition) is 3. The molecule has 0 spiro atoms. The van der Waals surface area contributed by atoms with Crippen molar-refractivity contribution in [3.63, 3.8) is 0 Å². The number of nitrogens with zero attached hydrogens (tertiary/aromatic N) is 2. The largest absolute Gasteiger partial charge is 0.416 e. The van der Waals surface area contributed by atoms with E-state index < -0.39 is 11.7 Å². The number of halogens is 4. The van der Waals surface area contributed by atoms with Crippen LogP contribution in [-0.2, 0) is 17.5 Å². The molecular weight excluding hydrogens is 472 g/mol. The lowest BCUT2D eigenvalue weighted by molar-refractivity contribution is -0.137. The second-order valence-corrected chi connectivity index (χ2v) is 6.27. The van der Waals surface area contributed by atoms with Gasteiger partial charge in [-0.1, -0.05) is 12.1 Å². The second-order valence-electron chi connectivity index (χ2n) is 6.27. The third-order valence-corrected chi connectivity index (χ3v) is 4.28. The molecule has 2 rings (SSSR count). The van der Waals surface area contributed by atoms with Crippen molar-refractivity contribution in [1.82, 2.24) is 15.5 Å². The first-order valence-electron chi connectivity index (χ1n) is 8.90. The number of nitrogens with one attached hydrogen (secondary N) is 2. The van der Waals surface area contributed by atoms with Crippen molar-refractivity contribution in [1.29, 1.82) is 0 Å². The molecule has 9 heteroatoms. The Hall–Kier alpha value is -1.07. The van der Waals surface area contributed by atoms with Crippen LogP contribution < -0.4 is 10.6 Å². The standard InChI is InChI=1S/C18H27F3N4O.HI/c1-3-22-17(23-12-14(2)25-8-10-26-11-9-25)24-13-15-4-6-16(7-5-15)18(19,20)21;/h4-7,14H,3,8-13H2,1-2H3,(H2,22,23,24);1H. The lowest BCUT2D eigenvalue weighted by atomic mass is 10.1. The highest BCUT2D eigenvalue weighted by Gasteiger charge is 2.29. The van der Waals surface area contributed by atoms with E-state index in [1.54, 1.807) is 0 Å². The fourth-order valence-corrected chi connectivity index (χ4v) is 2.70. The average molecular weight is 500 g/mol. The molecule has 0 amide bonds. The number of aliphatic imine (C=N–C) groups is 1. The SMILES string of the molecule is CCNC(=NCc1ccc(C(F)(F)F)cc1)NCC(C)N1CCOCC1.I. The molecule has 0 bridgehead atoms. The highest BCUT2D eigenvalue weighted by atomic mass is 127. The van der Waals surface area contributed by atoms with Crippen LogP contribution in [0, 0.1) is 0 Å². The van der Waals surface area contributed by atoms with E-state index in [-0.39, 0.29) is 24.0 Å². The zero-order valence-corrected chi connectivity index (χ0v) is 18.0. The number of rotatable bonds is 6. The van der Waals surface area contributed by atoms with E-state index in [0.717, 1.165) is 50.5 Å². The third kappa shape index (κ3) is 8.22. The molecule has 0 saturated carbocycles. The first kappa shape index (κ1) is 24.0. The van der Waals surface area contributed by atoms with Gasteiger partial charge < -0.3 is 15.4 Å². The van der Waals surface area contributed by atoms with Crippen LogP contribution in [0.2, 0.25) is 0 Å². The zero-order chi connectivity index (χ0) is 19.0. The Labute approximate surface area is 175 Å². The highest BCUT2D eigenvalue weighted by molar-refractivity contribution is 14.0. The molecule has 0 aromatic heterocycles. The van der Waals surface area contributed by atoms with E-state index in [1.165, 1.54) is 12.1 Å². The minimum Gasteiger partial charge on any atom is -0.379 e. The quantitative estimate of drug-likeness (QED) is 0.358. The van der Waals surface area contributed by atoms with Crippen molar-refractivity contribution in [2.45, 2.75) is 32.6 Å². The Morgan fingerprint density at radius 1 is 1.19 bits per heavy atom. The van der Waals surface area contributed by atoms with Crippen molar-refractivity contribution in [2.24, 2.45) is 4.99 Å². The number of benzene rings is 1. The summed E-state index contributed by atoms with van der Waals surface area (Å²) in [6, 6.07) is 5.45. The van der Waals surface area contributed by atoms with Crippen LogP contribution in [0.5, 0.6) is 0 Å². The van der Waals surface area contributed by atoms with Gasteiger partial charge in [0.15, 0.2) is 5.96 Å². The van der Waals surface area contributed by atoms with Crippen molar-refractivity contribution in [3.05, 3.63) is 35.4 Å². The molecule has 1 aromatic carbocycles. The maximum absolute atomic E-state index is 12.6. The first-order valence-corrected chi connectivity index (χ1v) is 8.90. The molecule has 1 aromatic rings. The number of alkyl halides is 3. The molecule has 1 atom stereocenters. The van der Waals surface area contributed by atoms with Gasteiger partial charge in [0.05, 0.1) is 25.3 Å². The van der Waals surface area contributed by atoms with Crippen molar-refractivity contribution in [2.75, 3.05) is 39.4 Å². The lowest BCUT2D eigenvalue weighted by Crippen LogP contribution is -2.49. The van der Waals surface area contributed by atoms with Crippen LogP contribution in [0.15, 0.2) is 29.3 Å². The molecule has 1 aliphatic heterocycles. The van der Waals surface area contributed by atoms with Gasteiger partial charge in [0.2, 0.25) is 0 Å². The molecule has 1 saturated heterocycles. The van der Waals surface area contributed by atoms with Gasteiger partial charge >= 0.3 is 6.18 Å². The second kappa shape index (κ2) is 11.7. The van der Waals surface area contributed by atoms with Gasteiger partial charge in [0.25, 0.3) is 0 Å². The first-order chi connectivity index (χ1) is 12.4. The van der Waals surface area contributed by atoms with E-state index in [4.69, 9.17) is 4.74 Å². The summed E-state index contributed by atoms with van der Waals surface area (Å²) in [7, 11) is 0. The van der Waals surface area contributed by atoms with Crippen LogP contribution in [0.1, 0.15) is 25.0 Å². The predicted octanol–water partition coefficient (Wildman–Crippen LogP) is 3.10. The van der Waals surface area contributed by atoms with E-state index in [1.807, 2.05) is 6.92 Å². The molecule has 2 N–H and O–H groups in total. The topological polar surface area (TPSA) is 48.9 Å². The van der Waals surface area contributed by atoms with Gasteiger partial charge in [-0.2, -0.15) is 13.2 Å². The minimum atomic E-state index is -4.31. The number of guanidine groups is 1. The average Bonchev–Trinajstić information content (AvgIpc) is 2.64. The summed E-state index contributed by atoms with van der Waals surface area (Å²) in [6.45, 7) is 9.24. The van der Waals surface area contributed by atoms with E-state index in [2.05, 4.69) is 27.4 Å². The maximum atomic E-state index is 12.6. The third-order valence-electron chi connectivity index (χ3n) is 4.28. The van der Waals surface area contributed by atoms with Gasteiger partial charge in [-0.3, -0.25) is 4.90 Å². The normalized spacial score (nSPS) is 17.1. The smallest absolute Gasteiger partial charge is 0.379 e. The van der Waals surface area contributed by atoms with Gasteiger partial charge in [0.1, 0.15) is 0 Å². The Bertz CT molecular complexity index is 575. The van der Waals surface area contributed by atoms with Crippen molar-refractivity contribution in [3.8, 4) is 0 Å². The number of ether oxygens (including phenoxy) is 1. The fourth-order valence-electron chi connectivity index (χ4n) is 2.70. The highest BCUT2D eigenvalue weighted by Crippen LogP contribution is 2.29. The molecule has 154 valence electrons. The molecular formula is C18H28F3IN4O. The zero-order valence-electron chi connectivity index (χ0n) is 15.7. The Morgan fingerprint density at radius 3 is 2.37 bits per heavy atom. The molecule has 1 unspecified atom stereocenters. The fraction of sp³-hybridized carbons (Fsp3) is 0.611. The van der Waals surface area contributed by atoms with Gasteiger partial charge in [-0.15, -0.1) is 24.0 Å². The minimum absolute atomic E-state index is 0. The van der Waals surface area contributed by atoms with Crippen LogP contribution in [-0.4, -0.2) is 56.3 Å². The van der Waals surface area contributed by atoms with Crippen LogP contribution in [0.25, 0.3) is 0 Å². The summed E-state index contributed by atoms with van der Waals surface area (Å²) in [5.74, 6) is 0.660. The van der Waals surface area contributed by atoms with Gasteiger partial charge in [-0.05, 0) is 31.5 Å². The summed E-state index contributed by atoms with van der Waals surface area (Å²) in [4.78, 5) is 6.82. The van der Waals surface area contributed by atoms with Crippen LogP contribution in [0.4, 0.5) is 13.2 Å².